The van der Waals surface area contributed by atoms with E-state index in [0.717, 1.165) is 5.57 Å². The summed E-state index contributed by atoms with van der Waals surface area (Å²) in [5, 5.41) is 135. The molecule has 0 aromatic heterocycles. The van der Waals surface area contributed by atoms with E-state index >= 15 is 0 Å². The van der Waals surface area contributed by atoms with E-state index in [0.29, 0.717) is 50.5 Å². The molecule has 3 saturated heterocycles. The number of fused-ring (bicyclic) bond motifs is 7. The highest BCUT2D eigenvalue weighted by Gasteiger charge is 2.76. The highest BCUT2D eigenvalue weighted by Crippen LogP contribution is 2.76. The smallest absolute Gasteiger partial charge is 0.335 e. The topological polar surface area (TPSA) is 368 Å². The third kappa shape index (κ3) is 10.4. The van der Waals surface area contributed by atoms with Crippen LogP contribution in [0.25, 0.3) is 0 Å². The fourth-order valence-corrected chi connectivity index (χ4v) is 16.5. The number of hydrogen-bond donors (Lipinski definition) is 12. The zero-order valence-corrected chi connectivity index (χ0v) is 48.6. The molecule has 4 saturated carbocycles. The van der Waals surface area contributed by atoms with Crippen LogP contribution in [0.1, 0.15) is 121 Å². The summed E-state index contributed by atoms with van der Waals surface area (Å²) in [6.45, 7) is 18.6. The molecule has 5 aliphatic carbocycles. The molecule has 81 heavy (non-hydrogen) atoms. The van der Waals surface area contributed by atoms with E-state index in [9.17, 15) is 75.7 Å². The van der Waals surface area contributed by atoms with Crippen molar-refractivity contribution in [1.82, 2.24) is 0 Å². The lowest BCUT2D eigenvalue weighted by Gasteiger charge is -2.73. The Hall–Kier alpha value is -2.79. The molecule has 0 radical (unpaired) electrons. The standard InChI is InChI=1S/C58H92O23/c1-12-25(3)48(72)75-24-58-29(20-53(5,6)46(45(58)69)81-49(73)26(4)13-2)28-14-15-33-55(9)18-17-34(54(7,8)32(55)16-19-56(33,10)57(28,11)43(67)44(58)68)78-52-41(79-51-40(66)38(64)36(62)30(21-59)77-51)27(35(61)42(80-52)47(70)71)23-74-50-39(65)37(63)31(22-60)76-50/h13-14,25,27,29-46,50-52,59-69H,12,15-24H2,1-11H3,(H,70,71)/b26-13-/t25?,27-,29?,30?,31+,32?,33?,34+,35+,36+,37?,38-,39+,40?,41?,42?,43+,44-,45+,46+,50-,51+,52-,55+,56-,57+,58+/m1/s1. The molecule has 0 amide bonds. The highest BCUT2D eigenvalue weighted by molar-refractivity contribution is 5.87. The molecule has 0 spiro atoms. The van der Waals surface area contributed by atoms with Crippen LogP contribution in [0.5, 0.6) is 0 Å². The minimum Gasteiger partial charge on any atom is -0.479 e. The van der Waals surface area contributed by atoms with Crippen LogP contribution >= 0.6 is 0 Å². The maximum Gasteiger partial charge on any atom is 0.335 e. The van der Waals surface area contributed by atoms with Crippen molar-refractivity contribution in [2.45, 2.75) is 232 Å². The van der Waals surface area contributed by atoms with Gasteiger partial charge in [-0.3, -0.25) is 4.79 Å². The monoisotopic (exact) mass is 1160 g/mol. The summed E-state index contributed by atoms with van der Waals surface area (Å²) in [5.41, 5.74) is -4.46. The summed E-state index contributed by atoms with van der Waals surface area (Å²) in [6.07, 6.45) is -21.7. The van der Waals surface area contributed by atoms with Crippen molar-refractivity contribution in [3.05, 3.63) is 23.3 Å². The summed E-state index contributed by atoms with van der Waals surface area (Å²) >= 11 is 0. The van der Waals surface area contributed by atoms with E-state index in [1.807, 2.05) is 41.5 Å². The molecular weight excluding hydrogens is 1060 g/mol. The first-order valence-corrected chi connectivity index (χ1v) is 29.0. The molecule has 3 heterocycles. The summed E-state index contributed by atoms with van der Waals surface area (Å²) in [4.78, 5) is 39.9. The maximum absolute atomic E-state index is 13.5. The molecule has 23 nitrogen and oxygen atoms in total. The molecule has 9 unspecified atom stereocenters. The third-order valence-corrected chi connectivity index (χ3v) is 22.0. The van der Waals surface area contributed by atoms with E-state index in [1.54, 1.807) is 26.8 Å². The maximum atomic E-state index is 13.5. The minimum absolute atomic E-state index is 0.128. The Kier molecular flexibility index (Phi) is 18.6. The fourth-order valence-electron chi connectivity index (χ4n) is 16.5. The lowest BCUT2D eigenvalue weighted by molar-refractivity contribution is -0.373. The Bertz CT molecular complexity index is 2340. The molecule has 23 heteroatoms. The SMILES string of the molecule is C/C=C(/C)C(=O)O[C@H]1[C@H](O)[C@@]2(COC(=O)C(C)CC)C(CC1(C)C)C1=CCC3[C@@]4(C)CC[C@H](O[C@@H]5OC(C(=O)O)[C@@H](O)[C@@H](CO[C@@H]6O[C@@H](CO)C(O)[C@@H]6O)C5O[C@@H]5OC(CO)[C@H](O)[C@@H](O)C5O)C(C)(C)C4CC[C@@]3(C)[C@]1(C)[C@@H](O)[C@H]2O. The summed E-state index contributed by atoms with van der Waals surface area (Å²) in [7, 11) is 0. The van der Waals surface area contributed by atoms with Gasteiger partial charge in [0.15, 0.2) is 25.0 Å². The lowest BCUT2D eigenvalue weighted by atomic mass is 9.32. The van der Waals surface area contributed by atoms with Gasteiger partial charge in [0.2, 0.25) is 0 Å². The Balaban J connectivity index is 1.12. The number of carboxylic acid groups (broad SMARTS) is 1. The quantitative estimate of drug-likeness (QED) is 0.0435. The van der Waals surface area contributed by atoms with Crippen LogP contribution in [0, 0.1) is 62.1 Å². The van der Waals surface area contributed by atoms with Gasteiger partial charge in [-0.15, -0.1) is 0 Å². The largest absolute Gasteiger partial charge is 0.479 e. The average Bonchev–Trinajstić information content (AvgIpc) is 1.93. The highest BCUT2D eigenvalue weighted by atomic mass is 16.8. The molecule has 462 valence electrons. The predicted octanol–water partition coefficient (Wildman–Crippen LogP) is 0.590. The average molecular weight is 1160 g/mol. The molecule has 12 N–H and O–H groups in total. The van der Waals surface area contributed by atoms with Crippen LogP contribution in [-0.4, -0.2) is 216 Å². The van der Waals surface area contributed by atoms with Crippen LogP contribution in [0.3, 0.4) is 0 Å². The van der Waals surface area contributed by atoms with E-state index < -0.39 is 205 Å². The van der Waals surface area contributed by atoms with Gasteiger partial charge in [0, 0.05) is 22.3 Å². The van der Waals surface area contributed by atoms with Crippen molar-refractivity contribution in [2.24, 2.45) is 62.1 Å². The van der Waals surface area contributed by atoms with Gasteiger partial charge in [-0.1, -0.05) is 80.0 Å². The number of ether oxygens (including phenoxy) is 8. The molecule has 7 fully saturated rings. The minimum atomic E-state index is -1.97. The molecule has 0 bridgehead atoms. The van der Waals surface area contributed by atoms with E-state index in [1.165, 1.54) is 0 Å². The molecule has 0 aromatic carbocycles. The van der Waals surface area contributed by atoms with Gasteiger partial charge in [-0.2, -0.15) is 0 Å². The van der Waals surface area contributed by atoms with Crippen LogP contribution in [0.2, 0.25) is 0 Å². The molecule has 0 aromatic rings. The lowest BCUT2D eigenvalue weighted by Crippen LogP contribution is -2.76. The van der Waals surface area contributed by atoms with Crippen molar-refractivity contribution >= 4 is 17.9 Å². The third-order valence-electron chi connectivity index (χ3n) is 22.0. The van der Waals surface area contributed by atoms with Crippen molar-refractivity contribution < 1.29 is 114 Å². The van der Waals surface area contributed by atoms with Crippen molar-refractivity contribution in [2.75, 3.05) is 26.4 Å². The number of aliphatic hydroxyl groups is 11. The number of allylic oxidation sites excluding steroid dienone is 2. The number of carbonyl (C=O) groups is 3. The Morgan fingerprint density at radius 2 is 1.37 bits per heavy atom. The fraction of sp³-hybridized carbons (Fsp3) is 0.879. The molecular formula is C58H92O23. The van der Waals surface area contributed by atoms with E-state index in [-0.39, 0.29) is 11.8 Å². The van der Waals surface area contributed by atoms with Crippen LogP contribution < -0.4 is 0 Å². The number of carboxylic acids is 1. The number of esters is 2. The van der Waals surface area contributed by atoms with Gasteiger partial charge in [0.25, 0.3) is 0 Å². The number of carbonyl (C=O) groups excluding carboxylic acids is 2. The van der Waals surface area contributed by atoms with E-state index in [4.69, 9.17) is 37.9 Å². The first kappa shape index (κ1) is 64.2. The van der Waals surface area contributed by atoms with Crippen molar-refractivity contribution in [3.63, 3.8) is 0 Å². The summed E-state index contributed by atoms with van der Waals surface area (Å²) < 4.78 is 48.6. The van der Waals surface area contributed by atoms with Crippen LogP contribution in [0.4, 0.5) is 0 Å². The molecule has 27 atom stereocenters. The number of aliphatic hydroxyl groups excluding tert-OH is 11. The number of hydrogen-bond acceptors (Lipinski definition) is 22. The first-order chi connectivity index (χ1) is 37.8. The van der Waals surface area contributed by atoms with Gasteiger partial charge in [0.05, 0.1) is 55.6 Å². The Morgan fingerprint density at radius 1 is 0.753 bits per heavy atom. The predicted molar refractivity (Wildman–Crippen MR) is 281 cm³/mol. The van der Waals surface area contributed by atoms with Crippen molar-refractivity contribution in [1.29, 1.82) is 0 Å². The summed E-state index contributed by atoms with van der Waals surface area (Å²) in [5.74, 6) is -5.61. The number of aliphatic carboxylic acids is 1. The van der Waals surface area contributed by atoms with Crippen LogP contribution in [-0.2, 0) is 52.3 Å². The van der Waals surface area contributed by atoms with Gasteiger partial charge in [-0.25, -0.2) is 9.59 Å². The van der Waals surface area contributed by atoms with Crippen LogP contribution in [0.15, 0.2) is 23.3 Å². The number of rotatable bonds is 16. The van der Waals surface area contributed by atoms with E-state index in [2.05, 4.69) is 19.9 Å². The normalized spacial score (nSPS) is 48.8. The zero-order valence-electron chi connectivity index (χ0n) is 48.6. The van der Waals surface area contributed by atoms with Crippen molar-refractivity contribution in [3.8, 4) is 0 Å². The van der Waals surface area contributed by atoms with Gasteiger partial charge < -0.3 is 99.2 Å². The van der Waals surface area contributed by atoms with Gasteiger partial charge in [-0.05, 0) is 92.8 Å². The second-order valence-corrected chi connectivity index (χ2v) is 26.8. The second kappa shape index (κ2) is 23.5. The second-order valence-electron chi connectivity index (χ2n) is 26.8. The summed E-state index contributed by atoms with van der Waals surface area (Å²) in [6, 6.07) is 0. The van der Waals surface area contributed by atoms with Gasteiger partial charge >= 0.3 is 17.9 Å². The molecule has 3 aliphatic heterocycles. The molecule has 8 rings (SSSR count). The Labute approximate surface area is 473 Å². The molecule has 8 aliphatic rings. The first-order valence-electron chi connectivity index (χ1n) is 29.0. The zero-order chi connectivity index (χ0) is 60.0. The van der Waals surface area contributed by atoms with Gasteiger partial charge in [0.1, 0.15) is 67.6 Å². The Morgan fingerprint density at radius 3 is 1.98 bits per heavy atom.